The average Bonchev–Trinajstić information content (AvgIpc) is 2.72. The van der Waals surface area contributed by atoms with Crippen molar-refractivity contribution >= 4 is 18.1 Å². The number of nitrogens with zero attached hydrogens (tertiary/aromatic N) is 3. The predicted molar refractivity (Wildman–Crippen MR) is 82.1 cm³/mol. The summed E-state index contributed by atoms with van der Waals surface area (Å²) < 4.78 is 6.53. The molecule has 0 fully saturated rings. The third-order valence-corrected chi connectivity index (χ3v) is 3.12. The maximum Gasteiger partial charge on any atom is 0.327 e. The predicted octanol–water partition coefficient (Wildman–Crippen LogP) is 1.32. The van der Waals surface area contributed by atoms with E-state index >= 15 is 0 Å². The highest BCUT2D eigenvalue weighted by atomic mass is 16.5. The van der Waals surface area contributed by atoms with Crippen LogP contribution in [-0.4, -0.2) is 32.3 Å². The molecule has 0 unspecified atom stereocenters. The van der Waals surface area contributed by atoms with Gasteiger partial charge in [0.25, 0.3) is 5.56 Å². The van der Waals surface area contributed by atoms with Gasteiger partial charge in [0.05, 0.1) is 12.3 Å². The SMILES string of the molecule is CCOC(=O)Cn1nc(C)c(C=Cc2nccc(=O)[nH]2)c1C. The minimum atomic E-state index is -0.322. The van der Waals surface area contributed by atoms with Crippen molar-refractivity contribution in [2.75, 3.05) is 6.61 Å². The van der Waals surface area contributed by atoms with Crippen molar-refractivity contribution in [2.45, 2.75) is 27.3 Å². The molecule has 7 nitrogen and oxygen atoms in total. The number of H-pyrrole nitrogens is 1. The topological polar surface area (TPSA) is 89.9 Å². The number of rotatable bonds is 5. The van der Waals surface area contributed by atoms with E-state index in [4.69, 9.17) is 4.74 Å². The van der Waals surface area contributed by atoms with Crippen molar-refractivity contribution in [3.8, 4) is 0 Å². The number of ether oxygens (including phenoxy) is 1. The summed E-state index contributed by atoms with van der Waals surface area (Å²) in [4.78, 5) is 29.4. The van der Waals surface area contributed by atoms with Gasteiger partial charge in [-0.15, -0.1) is 0 Å². The zero-order valence-electron chi connectivity index (χ0n) is 12.8. The first-order valence-electron chi connectivity index (χ1n) is 6.94. The van der Waals surface area contributed by atoms with E-state index in [0.717, 1.165) is 17.0 Å². The molecule has 1 N–H and O–H groups in total. The largest absolute Gasteiger partial charge is 0.465 e. The molecule has 0 saturated heterocycles. The van der Waals surface area contributed by atoms with E-state index in [-0.39, 0.29) is 18.1 Å². The summed E-state index contributed by atoms with van der Waals surface area (Å²) in [5, 5.41) is 4.33. The maximum absolute atomic E-state index is 11.6. The van der Waals surface area contributed by atoms with Crippen LogP contribution in [0.3, 0.4) is 0 Å². The van der Waals surface area contributed by atoms with Gasteiger partial charge in [0.1, 0.15) is 12.4 Å². The van der Waals surface area contributed by atoms with E-state index < -0.39 is 0 Å². The van der Waals surface area contributed by atoms with Gasteiger partial charge in [-0.25, -0.2) is 4.98 Å². The summed E-state index contributed by atoms with van der Waals surface area (Å²) in [5.41, 5.74) is 2.31. The van der Waals surface area contributed by atoms with Crippen molar-refractivity contribution in [3.05, 3.63) is 45.4 Å². The third-order valence-electron chi connectivity index (χ3n) is 3.12. The summed E-state index contributed by atoms with van der Waals surface area (Å²) in [7, 11) is 0. The Labute approximate surface area is 127 Å². The number of aryl methyl sites for hydroxylation is 1. The molecule has 0 saturated carbocycles. The quantitative estimate of drug-likeness (QED) is 0.841. The van der Waals surface area contributed by atoms with Gasteiger partial charge in [-0.2, -0.15) is 5.10 Å². The van der Waals surface area contributed by atoms with E-state index in [1.807, 2.05) is 19.9 Å². The van der Waals surface area contributed by atoms with Crippen molar-refractivity contribution in [3.63, 3.8) is 0 Å². The van der Waals surface area contributed by atoms with Gasteiger partial charge in [-0.3, -0.25) is 14.3 Å². The van der Waals surface area contributed by atoms with Crippen LogP contribution in [-0.2, 0) is 16.1 Å². The lowest BCUT2D eigenvalue weighted by atomic mass is 10.2. The minimum absolute atomic E-state index is 0.0781. The molecular formula is C15H18N4O3. The van der Waals surface area contributed by atoms with Gasteiger partial charge in [0.2, 0.25) is 0 Å². The first-order chi connectivity index (χ1) is 10.5. The van der Waals surface area contributed by atoms with Crippen LogP contribution >= 0.6 is 0 Å². The van der Waals surface area contributed by atoms with Crippen LogP contribution in [0, 0.1) is 13.8 Å². The summed E-state index contributed by atoms with van der Waals surface area (Å²) >= 11 is 0. The fourth-order valence-electron chi connectivity index (χ4n) is 2.07. The number of carbonyl (C=O) groups excluding carboxylic acids is 1. The number of aromatic amines is 1. The van der Waals surface area contributed by atoms with Gasteiger partial charge in [-0.05, 0) is 32.9 Å². The van der Waals surface area contributed by atoms with Crippen LogP contribution in [0.25, 0.3) is 12.2 Å². The molecule has 2 aromatic heterocycles. The number of esters is 1. The van der Waals surface area contributed by atoms with Crippen LogP contribution in [0.5, 0.6) is 0 Å². The molecule has 0 atom stereocenters. The van der Waals surface area contributed by atoms with Crippen LogP contribution < -0.4 is 5.56 Å². The lowest BCUT2D eigenvalue weighted by Gasteiger charge is -2.04. The zero-order valence-corrected chi connectivity index (χ0v) is 12.8. The van der Waals surface area contributed by atoms with Crippen LogP contribution in [0.1, 0.15) is 29.7 Å². The fraction of sp³-hybridized carbons (Fsp3) is 0.333. The van der Waals surface area contributed by atoms with E-state index in [1.165, 1.54) is 12.3 Å². The van der Waals surface area contributed by atoms with Gasteiger partial charge in [-0.1, -0.05) is 0 Å². The molecule has 2 aromatic rings. The fourth-order valence-corrected chi connectivity index (χ4v) is 2.07. The van der Waals surface area contributed by atoms with Crippen molar-refractivity contribution in [1.82, 2.24) is 19.7 Å². The third kappa shape index (κ3) is 3.69. The molecule has 7 heteroatoms. The highest BCUT2D eigenvalue weighted by Crippen LogP contribution is 2.16. The average molecular weight is 302 g/mol. The second kappa shape index (κ2) is 6.84. The molecule has 0 radical (unpaired) electrons. The Morgan fingerprint density at radius 1 is 1.41 bits per heavy atom. The zero-order chi connectivity index (χ0) is 16.1. The molecule has 0 aliphatic rings. The Morgan fingerprint density at radius 3 is 2.86 bits per heavy atom. The Hall–Kier alpha value is -2.70. The molecule has 2 rings (SSSR count). The number of hydrogen-bond donors (Lipinski definition) is 1. The Morgan fingerprint density at radius 2 is 2.18 bits per heavy atom. The molecule has 0 aromatic carbocycles. The summed E-state index contributed by atoms with van der Waals surface area (Å²) in [6.45, 7) is 5.92. The summed E-state index contributed by atoms with van der Waals surface area (Å²) in [6.07, 6.45) is 4.97. The number of carbonyl (C=O) groups is 1. The summed E-state index contributed by atoms with van der Waals surface area (Å²) in [6, 6.07) is 1.35. The second-order valence-corrected chi connectivity index (χ2v) is 4.70. The Kier molecular flexibility index (Phi) is 4.88. The normalized spacial score (nSPS) is 11.0. The van der Waals surface area contributed by atoms with Crippen molar-refractivity contribution in [2.24, 2.45) is 0 Å². The minimum Gasteiger partial charge on any atom is -0.465 e. The molecule has 0 amide bonds. The van der Waals surface area contributed by atoms with Crippen LogP contribution in [0.15, 0.2) is 17.1 Å². The van der Waals surface area contributed by atoms with E-state index in [0.29, 0.717) is 12.4 Å². The maximum atomic E-state index is 11.6. The monoisotopic (exact) mass is 302 g/mol. The Bertz CT molecular complexity index is 758. The number of hydrogen-bond acceptors (Lipinski definition) is 5. The van der Waals surface area contributed by atoms with Gasteiger partial charge >= 0.3 is 5.97 Å². The first-order valence-corrected chi connectivity index (χ1v) is 6.94. The van der Waals surface area contributed by atoms with Crippen LogP contribution in [0.4, 0.5) is 0 Å². The molecular weight excluding hydrogens is 284 g/mol. The van der Waals surface area contributed by atoms with E-state index in [1.54, 1.807) is 17.7 Å². The molecule has 0 aliphatic carbocycles. The lowest BCUT2D eigenvalue weighted by molar-refractivity contribution is -0.144. The van der Waals surface area contributed by atoms with Crippen LogP contribution in [0.2, 0.25) is 0 Å². The highest BCUT2D eigenvalue weighted by Gasteiger charge is 2.12. The van der Waals surface area contributed by atoms with E-state index in [9.17, 15) is 9.59 Å². The molecule has 0 bridgehead atoms. The second-order valence-electron chi connectivity index (χ2n) is 4.70. The number of nitrogens with one attached hydrogen (secondary N) is 1. The Balaban J connectivity index is 2.23. The van der Waals surface area contributed by atoms with Crippen molar-refractivity contribution in [1.29, 1.82) is 0 Å². The molecule has 116 valence electrons. The molecule has 0 spiro atoms. The molecule has 22 heavy (non-hydrogen) atoms. The van der Waals surface area contributed by atoms with Crippen molar-refractivity contribution < 1.29 is 9.53 Å². The standard InChI is InChI=1S/C15H18N4O3/c1-4-22-15(21)9-19-11(3)12(10(2)18-19)5-6-13-16-8-7-14(20)17-13/h5-8H,4,9H2,1-3H3,(H,16,17,20). The molecule has 0 aliphatic heterocycles. The lowest BCUT2D eigenvalue weighted by Crippen LogP contribution is -2.15. The summed E-state index contributed by atoms with van der Waals surface area (Å²) in [5.74, 6) is 0.141. The van der Waals surface area contributed by atoms with E-state index in [2.05, 4.69) is 15.1 Å². The first kappa shape index (κ1) is 15.7. The number of aromatic nitrogens is 4. The smallest absolute Gasteiger partial charge is 0.327 e. The van der Waals surface area contributed by atoms with Gasteiger partial charge < -0.3 is 9.72 Å². The highest BCUT2D eigenvalue weighted by molar-refractivity contribution is 5.71. The molecule has 2 heterocycles. The van der Waals surface area contributed by atoms with Gasteiger partial charge in [0, 0.05) is 23.5 Å². The van der Waals surface area contributed by atoms with Gasteiger partial charge in [0.15, 0.2) is 0 Å².